The van der Waals surface area contributed by atoms with Gasteiger partial charge in [0.15, 0.2) is 17.4 Å². The molecule has 4 rings (SSSR count). The molecular weight excluding hydrogens is 550 g/mol. The number of nitrogens with one attached hydrogen (secondary N) is 1. The van der Waals surface area contributed by atoms with Crippen LogP contribution in [-0.2, 0) is 14.0 Å². The number of aromatic nitrogens is 4. The van der Waals surface area contributed by atoms with Gasteiger partial charge in [-0.25, -0.2) is 4.98 Å². The molecular formula is C19H26ClF3N5O8P. The lowest BCUT2D eigenvalue weighted by atomic mass is 10.1. The summed E-state index contributed by atoms with van der Waals surface area (Å²) < 4.78 is 63.9. The van der Waals surface area contributed by atoms with Crippen LogP contribution in [0.15, 0.2) is 6.07 Å². The molecule has 18 heteroatoms. The smallest absolute Gasteiger partial charge is 0.396 e. The summed E-state index contributed by atoms with van der Waals surface area (Å²) >= 11 is 6.16. The highest BCUT2D eigenvalue weighted by Gasteiger charge is 2.67. The molecule has 2 aromatic rings. The Kier molecular flexibility index (Phi) is 8.06. The van der Waals surface area contributed by atoms with Crippen LogP contribution in [0.25, 0.3) is 11.2 Å². The second kappa shape index (κ2) is 10.5. The van der Waals surface area contributed by atoms with E-state index in [-0.39, 0.29) is 22.4 Å². The second-order valence-electron chi connectivity index (χ2n) is 8.98. The Morgan fingerprint density at radius 1 is 1.24 bits per heavy atom. The Hall–Kier alpha value is -1.62. The summed E-state index contributed by atoms with van der Waals surface area (Å²) in [5.74, 6) is 0. The topological polar surface area (TPSA) is 192 Å². The lowest BCUT2D eigenvalue weighted by Crippen LogP contribution is -2.50. The zero-order valence-corrected chi connectivity index (χ0v) is 20.8. The van der Waals surface area contributed by atoms with Gasteiger partial charge in [-0.05, 0) is 12.8 Å². The maximum Gasteiger partial charge on any atom is 0.429 e. The van der Waals surface area contributed by atoms with Crippen LogP contribution in [-0.4, -0.2) is 94.2 Å². The van der Waals surface area contributed by atoms with Crippen molar-refractivity contribution in [1.82, 2.24) is 20.0 Å². The molecule has 0 spiro atoms. The first-order valence-electron chi connectivity index (χ1n) is 11.4. The number of ether oxygens (including phenoxy) is 2. The van der Waals surface area contributed by atoms with Crippen LogP contribution >= 0.6 is 19.2 Å². The number of fused-ring (bicyclic) bond motifs is 1. The average molecular weight is 576 g/mol. The van der Waals surface area contributed by atoms with Crippen molar-refractivity contribution in [2.24, 2.45) is 0 Å². The number of hydrogen-bond donors (Lipinski definition) is 6. The lowest BCUT2D eigenvalue weighted by Gasteiger charge is -2.36. The molecule has 0 aromatic carbocycles. The average Bonchev–Trinajstić information content (AvgIpc) is 3.51. The molecule has 1 saturated carbocycles. The molecule has 2 fully saturated rings. The molecule has 0 bridgehead atoms. The van der Waals surface area contributed by atoms with Gasteiger partial charge in [0.05, 0.1) is 12.3 Å². The number of hydrogen-bond acceptors (Lipinski definition) is 10. The number of anilines is 1. The second-order valence-corrected chi connectivity index (χ2v) is 11.2. The molecule has 1 unspecified atom stereocenters. The van der Waals surface area contributed by atoms with Gasteiger partial charge in [-0.1, -0.05) is 29.7 Å². The molecule has 1 saturated heterocycles. The van der Waals surface area contributed by atoms with E-state index in [4.69, 9.17) is 21.4 Å². The number of rotatable bonds is 9. The SMILES string of the molecule is O=P(O)(O)C(CCO)(OC[C@H]1O[C@@H](n2nnc3c(NC4CCCC4)cc(Cl)nc32)[C@H](O)[C@@H]1O)C(F)(F)F. The fourth-order valence-electron chi connectivity index (χ4n) is 4.59. The van der Waals surface area contributed by atoms with E-state index in [2.05, 4.69) is 25.3 Å². The van der Waals surface area contributed by atoms with Crippen molar-refractivity contribution < 1.29 is 52.3 Å². The minimum atomic E-state index is -6.02. The van der Waals surface area contributed by atoms with Gasteiger partial charge in [-0.15, -0.1) is 5.10 Å². The molecule has 1 aliphatic carbocycles. The maximum atomic E-state index is 13.7. The van der Waals surface area contributed by atoms with Crippen LogP contribution in [0.2, 0.25) is 5.15 Å². The van der Waals surface area contributed by atoms with E-state index in [1.165, 1.54) is 0 Å². The minimum Gasteiger partial charge on any atom is -0.396 e. The fraction of sp³-hybridized carbons (Fsp3) is 0.737. The van der Waals surface area contributed by atoms with Crippen molar-refractivity contribution in [1.29, 1.82) is 0 Å². The third kappa shape index (κ3) is 5.31. The van der Waals surface area contributed by atoms with Crippen LogP contribution in [0.3, 0.4) is 0 Å². The van der Waals surface area contributed by atoms with Gasteiger partial charge in [0.25, 0.3) is 5.34 Å². The molecule has 5 atom stereocenters. The Balaban J connectivity index is 1.58. The lowest BCUT2D eigenvalue weighted by molar-refractivity contribution is -0.259. The summed E-state index contributed by atoms with van der Waals surface area (Å²) in [5.41, 5.74) is 0.870. The number of aliphatic hydroxyl groups excluding tert-OH is 3. The predicted molar refractivity (Wildman–Crippen MR) is 121 cm³/mol. The van der Waals surface area contributed by atoms with Gasteiger partial charge in [0, 0.05) is 25.1 Å². The van der Waals surface area contributed by atoms with Crippen molar-refractivity contribution in [2.75, 3.05) is 18.5 Å². The highest BCUT2D eigenvalue weighted by molar-refractivity contribution is 7.53. The van der Waals surface area contributed by atoms with E-state index in [0.29, 0.717) is 5.69 Å². The van der Waals surface area contributed by atoms with Crippen LogP contribution in [0.4, 0.5) is 18.9 Å². The molecule has 2 aliphatic rings. The third-order valence-corrected chi connectivity index (χ3v) is 8.29. The van der Waals surface area contributed by atoms with E-state index in [9.17, 15) is 37.7 Å². The van der Waals surface area contributed by atoms with Crippen LogP contribution in [0, 0.1) is 0 Å². The highest BCUT2D eigenvalue weighted by atomic mass is 35.5. The number of alkyl halides is 3. The van der Waals surface area contributed by atoms with Crippen molar-refractivity contribution in [3.63, 3.8) is 0 Å². The standard InChI is InChI=1S/C19H26ClF3N5O8P/c20-12-7-10(24-9-3-1-2-4-9)13-16(25-12)28(27-26-13)17-15(31)14(30)11(36-17)8-35-18(5-6-29,19(21,22)23)37(32,33)34/h7,9,11,14-15,17,29-31H,1-6,8H2,(H,24,25)(H2,32,33,34)/t11-,14-,15-,17-,18?/m1/s1. The molecule has 1 aliphatic heterocycles. The van der Waals surface area contributed by atoms with Crippen molar-refractivity contribution in [2.45, 2.75) is 74.2 Å². The summed E-state index contributed by atoms with van der Waals surface area (Å²) in [7, 11) is -6.02. The first-order chi connectivity index (χ1) is 17.3. The zero-order valence-electron chi connectivity index (χ0n) is 19.1. The zero-order chi connectivity index (χ0) is 27.2. The summed E-state index contributed by atoms with van der Waals surface area (Å²) in [6.45, 7) is -2.44. The van der Waals surface area contributed by atoms with Gasteiger partial charge in [-0.2, -0.15) is 17.9 Å². The summed E-state index contributed by atoms with van der Waals surface area (Å²) in [5, 5.41) is 37.3. The van der Waals surface area contributed by atoms with Gasteiger partial charge >= 0.3 is 13.8 Å². The first kappa shape index (κ1) is 28.4. The number of nitrogens with zero attached hydrogens (tertiary/aromatic N) is 4. The Morgan fingerprint density at radius 2 is 1.92 bits per heavy atom. The van der Waals surface area contributed by atoms with E-state index in [1.54, 1.807) is 6.07 Å². The predicted octanol–water partition coefficient (Wildman–Crippen LogP) is 1.29. The normalized spacial score (nSPS) is 27.2. The Bertz CT molecular complexity index is 1160. The summed E-state index contributed by atoms with van der Waals surface area (Å²) in [4.78, 5) is 23.0. The molecule has 3 heterocycles. The van der Waals surface area contributed by atoms with E-state index < -0.39 is 63.3 Å². The van der Waals surface area contributed by atoms with E-state index in [1.807, 2.05) is 0 Å². The van der Waals surface area contributed by atoms with Crippen molar-refractivity contribution in [3.05, 3.63) is 11.2 Å². The van der Waals surface area contributed by atoms with Crippen LogP contribution in [0.1, 0.15) is 38.3 Å². The monoisotopic (exact) mass is 575 g/mol. The third-order valence-electron chi connectivity index (χ3n) is 6.54. The van der Waals surface area contributed by atoms with Gasteiger partial charge in [0.1, 0.15) is 23.5 Å². The van der Waals surface area contributed by atoms with E-state index >= 15 is 0 Å². The number of pyridine rings is 1. The molecule has 37 heavy (non-hydrogen) atoms. The van der Waals surface area contributed by atoms with Crippen LogP contribution in [0.5, 0.6) is 0 Å². The van der Waals surface area contributed by atoms with Crippen LogP contribution < -0.4 is 5.32 Å². The Labute approximate surface area is 212 Å². The largest absolute Gasteiger partial charge is 0.429 e. The van der Waals surface area contributed by atoms with Gasteiger partial charge in [-0.3, -0.25) is 4.57 Å². The number of aliphatic hydroxyl groups is 3. The molecule has 208 valence electrons. The molecule has 13 nitrogen and oxygen atoms in total. The molecule has 2 aromatic heterocycles. The Morgan fingerprint density at radius 3 is 2.51 bits per heavy atom. The van der Waals surface area contributed by atoms with Gasteiger partial charge in [0.2, 0.25) is 0 Å². The number of halogens is 4. The van der Waals surface area contributed by atoms with Crippen molar-refractivity contribution in [3.8, 4) is 0 Å². The first-order valence-corrected chi connectivity index (χ1v) is 13.3. The van der Waals surface area contributed by atoms with Gasteiger partial charge < -0.3 is 39.9 Å². The quantitative estimate of drug-likeness (QED) is 0.186. The van der Waals surface area contributed by atoms with E-state index in [0.717, 1.165) is 30.4 Å². The summed E-state index contributed by atoms with van der Waals surface area (Å²) in [6, 6.07) is 1.74. The highest BCUT2D eigenvalue weighted by Crippen LogP contribution is 2.61. The summed E-state index contributed by atoms with van der Waals surface area (Å²) in [6.07, 6.45) is -9.79. The molecule has 0 amide bonds. The maximum absolute atomic E-state index is 13.7. The fourth-order valence-corrected chi connectivity index (χ4v) is 5.74. The molecule has 6 N–H and O–H groups in total. The van der Waals surface area contributed by atoms with Crippen molar-refractivity contribution >= 4 is 36.0 Å². The molecule has 0 radical (unpaired) electrons. The minimum absolute atomic E-state index is 0.0603.